The lowest BCUT2D eigenvalue weighted by atomic mass is 10.1. The summed E-state index contributed by atoms with van der Waals surface area (Å²) in [6, 6.07) is 13.9. The van der Waals surface area contributed by atoms with Gasteiger partial charge in [-0.15, -0.1) is 0 Å². The second-order valence-corrected chi connectivity index (χ2v) is 8.91. The van der Waals surface area contributed by atoms with Crippen LogP contribution in [-0.2, 0) is 11.3 Å². The van der Waals surface area contributed by atoms with Gasteiger partial charge in [-0.25, -0.2) is 9.37 Å². The number of nitrogens with one attached hydrogen (secondary N) is 1. The summed E-state index contributed by atoms with van der Waals surface area (Å²) in [5, 5.41) is 4.67. The number of pyridine rings is 1. The number of carbonyl (C=O) groups is 2. The number of nitrogens with zero attached hydrogens (tertiary/aromatic N) is 2. The molecule has 1 heterocycles. The standard InChI is InChI=1S/C23H21ClFN3O2S/c1-28(12-17-18(24)6-4-7-19(17)25)22(29)13-31-21-11-16(23(30)26-14-9-10-14)15-5-2-3-8-20(15)27-21/h2-8,11,14H,9-10,12-13H2,1H3,(H,26,30). The van der Waals surface area contributed by atoms with Crippen molar-refractivity contribution in [3.8, 4) is 0 Å². The molecule has 0 spiro atoms. The van der Waals surface area contributed by atoms with Crippen LogP contribution in [-0.4, -0.2) is 40.5 Å². The van der Waals surface area contributed by atoms with Gasteiger partial charge < -0.3 is 10.2 Å². The average molecular weight is 458 g/mol. The molecule has 2 amide bonds. The number of halogens is 2. The number of rotatable bonds is 7. The fourth-order valence-corrected chi connectivity index (χ4v) is 4.24. The van der Waals surface area contributed by atoms with Crippen LogP contribution in [0.25, 0.3) is 10.9 Å². The van der Waals surface area contributed by atoms with Crippen molar-refractivity contribution in [1.29, 1.82) is 0 Å². The van der Waals surface area contributed by atoms with Crippen molar-refractivity contribution in [2.45, 2.75) is 30.5 Å². The predicted octanol–water partition coefficient (Wildman–Crippen LogP) is 4.67. The molecule has 0 aliphatic heterocycles. The molecule has 1 N–H and O–H groups in total. The maximum atomic E-state index is 14.0. The Balaban J connectivity index is 1.48. The lowest BCUT2D eigenvalue weighted by Crippen LogP contribution is -2.28. The van der Waals surface area contributed by atoms with E-state index in [4.69, 9.17) is 11.6 Å². The van der Waals surface area contributed by atoms with Crippen LogP contribution < -0.4 is 5.32 Å². The number of benzene rings is 2. The van der Waals surface area contributed by atoms with Gasteiger partial charge in [0.05, 0.1) is 21.9 Å². The zero-order chi connectivity index (χ0) is 22.0. The Kier molecular flexibility index (Phi) is 6.43. The highest BCUT2D eigenvalue weighted by atomic mass is 35.5. The summed E-state index contributed by atoms with van der Waals surface area (Å²) in [6.07, 6.45) is 2.01. The molecule has 31 heavy (non-hydrogen) atoms. The monoisotopic (exact) mass is 457 g/mol. The van der Waals surface area contributed by atoms with Gasteiger partial charge in [-0.3, -0.25) is 9.59 Å². The molecule has 1 aromatic heterocycles. The molecular weight excluding hydrogens is 437 g/mol. The van der Waals surface area contributed by atoms with Gasteiger partial charge in [-0.05, 0) is 37.1 Å². The SMILES string of the molecule is CN(Cc1c(F)cccc1Cl)C(=O)CSc1cc(C(=O)NC2CC2)c2ccccc2n1. The number of hydrogen-bond acceptors (Lipinski definition) is 4. The Bertz CT molecular complexity index is 1130. The van der Waals surface area contributed by atoms with E-state index in [0.717, 1.165) is 18.2 Å². The number of para-hydroxylation sites is 1. The van der Waals surface area contributed by atoms with E-state index in [1.165, 1.54) is 28.8 Å². The molecule has 0 bridgehead atoms. The number of amides is 2. The largest absolute Gasteiger partial charge is 0.349 e. The highest BCUT2D eigenvalue weighted by Crippen LogP contribution is 2.27. The molecule has 1 aliphatic carbocycles. The molecule has 3 aromatic rings. The molecule has 0 unspecified atom stereocenters. The Morgan fingerprint density at radius 1 is 1.23 bits per heavy atom. The molecule has 4 rings (SSSR count). The van der Waals surface area contributed by atoms with E-state index < -0.39 is 5.82 Å². The van der Waals surface area contributed by atoms with Crippen LogP contribution in [0.3, 0.4) is 0 Å². The smallest absolute Gasteiger partial charge is 0.252 e. The molecule has 0 radical (unpaired) electrons. The van der Waals surface area contributed by atoms with Crippen LogP contribution >= 0.6 is 23.4 Å². The Labute approximate surface area is 189 Å². The molecule has 2 aromatic carbocycles. The molecule has 0 atom stereocenters. The Morgan fingerprint density at radius 3 is 2.74 bits per heavy atom. The van der Waals surface area contributed by atoms with Crippen molar-refractivity contribution in [3.05, 3.63) is 70.5 Å². The number of fused-ring (bicyclic) bond motifs is 1. The average Bonchev–Trinajstić information content (AvgIpc) is 3.57. The first-order valence-electron chi connectivity index (χ1n) is 9.92. The number of aromatic nitrogens is 1. The van der Waals surface area contributed by atoms with Crippen molar-refractivity contribution >= 4 is 46.1 Å². The van der Waals surface area contributed by atoms with Crippen molar-refractivity contribution in [3.63, 3.8) is 0 Å². The first-order chi connectivity index (χ1) is 14.9. The minimum absolute atomic E-state index is 0.0745. The minimum Gasteiger partial charge on any atom is -0.349 e. The maximum Gasteiger partial charge on any atom is 0.252 e. The third-order valence-electron chi connectivity index (χ3n) is 5.08. The molecule has 8 heteroatoms. The van der Waals surface area contributed by atoms with Gasteiger partial charge >= 0.3 is 0 Å². The molecule has 1 saturated carbocycles. The lowest BCUT2D eigenvalue weighted by molar-refractivity contribution is -0.127. The normalized spacial score (nSPS) is 13.3. The van der Waals surface area contributed by atoms with Crippen molar-refractivity contribution in [1.82, 2.24) is 15.2 Å². The van der Waals surface area contributed by atoms with E-state index in [1.807, 2.05) is 24.3 Å². The summed E-state index contributed by atoms with van der Waals surface area (Å²) < 4.78 is 14.0. The number of thioether (sulfide) groups is 1. The van der Waals surface area contributed by atoms with Crippen molar-refractivity contribution < 1.29 is 14.0 Å². The predicted molar refractivity (Wildman–Crippen MR) is 121 cm³/mol. The van der Waals surface area contributed by atoms with E-state index in [2.05, 4.69) is 10.3 Å². The highest BCUT2D eigenvalue weighted by molar-refractivity contribution is 7.99. The third-order valence-corrected chi connectivity index (χ3v) is 6.33. The van der Waals surface area contributed by atoms with Gasteiger partial charge in [0.2, 0.25) is 5.91 Å². The summed E-state index contributed by atoms with van der Waals surface area (Å²) in [6.45, 7) is 0.0745. The van der Waals surface area contributed by atoms with Crippen LogP contribution in [0.1, 0.15) is 28.8 Å². The first kappa shape index (κ1) is 21.6. The quantitative estimate of drug-likeness (QED) is 0.524. The highest BCUT2D eigenvalue weighted by Gasteiger charge is 2.25. The molecule has 0 saturated heterocycles. The topological polar surface area (TPSA) is 62.3 Å². The fourth-order valence-electron chi connectivity index (χ4n) is 3.16. The summed E-state index contributed by atoms with van der Waals surface area (Å²) in [5.41, 5.74) is 1.54. The summed E-state index contributed by atoms with van der Waals surface area (Å²) >= 11 is 7.31. The first-order valence-corrected chi connectivity index (χ1v) is 11.3. The number of carbonyl (C=O) groups excluding carboxylic acids is 2. The molecule has 5 nitrogen and oxygen atoms in total. The van der Waals surface area contributed by atoms with E-state index in [-0.39, 0.29) is 40.7 Å². The van der Waals surface area contributed by atoms with Gasteiger partial charge in [0.15, 0.2) is 0 Å². The maximum absolute atomic E-state index is 14.0. The van der Waals surface area contributed by atoms with Gasteiger partial charge in [-0.1, -0.05) is 47.6 Å². The van der Waals surface area contributed by atoms with E-state index in [0.29, 0.717) is 16.1 Å². The van der Waals surface area contributed by atoms with Gasteiger partial charge in [0, 0.05) is 35.6 Å². The fraction of sp³-hybridized carbons (Fsp3) is 0.261. The van der Waals surface area contributed by atoms with E-state index >= 15 is 0 Å². The Morgan fingerprint density at radius 2 is 2.00 bits per heavy atom. The van der Waals surface area contributed by atoms with E-state index in [9.17, 15) is 14.0 Å². The second-order valence-electron chi connectivity index (χ2n) is 7.51. The van der Waals surface area contributed by atoms with Crippen LogP contribution in [0.2, 0.25) is 5.02 Å². The van der Waals surface area contributed by atoms with Crippen molar-refractivity contribution in [2.24, 2.45) is 0 Å². The molecule has 160 valence electrons. The zero-order valence-corrected chi connectivity index (χ0v) is 18.5. The number of hydrogen-bond donors (Lipinski definition) is 1. The van der Waals surface area contributed by atoms with Crippen LogP contribution in [0.15, 0.2) is 53.6 Å². The molecule has 1 aliphatic rings. The summed E-state index contributed by atoms with van der Waals surface area (Å²) in [5.74, 6) is -0.649. The lowest BCUT2D eigenvalue weighted by Gasteiger charge is -2.18. The van der Waals surface area contributed by atoms with Crippen LogP contribution in [0.4, 0.5) is 4.39 Å². The second kappa shape index (κ2) is 9.24. The third kappa shape index (κ3) is 5.17. The zero-order valence-electron chi connectivity index (χ0n) is 16.9. The molecular formula is C23H21ClFN3O2S. The minimum atomic E-state index is -0.442. The van der Waals surface area contributed by atoms with Gasteiger partial charge in [0.1, 0.15) is 5.82 Å². The molecule has 1 fully saturated rings. The van der Waals surface area contributed by atoms with Gasteiger partial charge in [0.25, 0.3) is 5.91 Å². The van der Waals surface area contributed by atoms with E-state index in [1.54, 1.807) is 19.2 Å². The van der Waals surface area contributed by atoms with Crippen molar-refractivity contribution in [2.75, 3.05) is 12.8 Å². The summed E-state index contributed by atoms with van der Waals surface area (Å²) in [4.78, 5) is 31.3. The Hall–Kier alpha value is -2.64. The van der Waals surface area contributed by atoms with Crippen LogP contribution in [0.5, 0.6) is 0 Å². The van der Waals surface area contributed by atoms with Gasteiger partial charge in [-0.2, -0.15) is 0 Å². The van der Waals surface area contributed by atoms with Crippen LogP contribution in [0, 0.1) is 5.82 Å². The summed E-state index contributed by atoms with van der Waals surface area (Å²) in [7, 11) is 1.61.